The Bertz CT molecular complexity index is 528. The van der Waals surface area contributed by atoms with Crippen molar-refractivity contribution < 1.29 is 19.1 Å². The molecule has 0 fully saturated rings. The van der Waals surface area contributed by atoms with E-state index in [2.05, 4.69) is 10.1 Å². The molecule has 5 nitrogen and oxygen atoms in total. The number of nitrogens with zero attached hydrogens (tertiary/aromatic N) is 2. The normalized spacial score (nSPS) is 10.8. The molecule has 2 N–H and O–H groups in total. The summed E-state index contributed by atoms with van der Waals surface area (Å²) in [6.07, 6.45) is 2.00. The van der Waals surface area contributed by atoms with Crippen molar-refractivity contribution in [3.8, 4) is 17.1 Å². The fourth-order valence-electron chi connectivity index (χ4n) is 1.51. The van der Waals surface area contributed by atoms with Crippen LogP contribution < -0.4 is 0 Å². The van der Waals surface area contributed by atoms with Crippen LogP contribution in [0.4, 0.5) is 4.39 Å². The highest BCUT2D eigenvalue weighted by atomic mass is 19.1. The molecule has 2 rings (SSSR count). The number of rotatable bonds is 5. The Morgan fingerprint density at radius 2 is 2.11 bits per heavy atom. The van der Waals surface area contributed by atoms with Gasteiger partial charge in [0.15, 0.2) is 11.6 Å². The fraction of sp³-hybridized carbons (Fsp3) is 0.333. The topological polar surface area (TPSA) is 79.4 Å². The smallest absolute Gasteiger partial charge is 0.226 e. The van der Waals surface area contributed by atoms with Crippen molar-refractivity contribution in [2.45, 2.75) is 19.3 Å². The van der Waals surface area contributed by atoms with Crippen LogP contribution in [0.1, 0.15) is 18.7 Å². The molecule has 0 saturated carbocycles. The van der Waals surface area contributed by atoms with Crippen molar-refractivity contribution in [3.63, 3.8) is 0 Å². The zero-order valence-electron chi connectivity index (χ0n) is 9.64. The van der Waals surface area contributed by atoms with Gasteiger partial charge in [-0.15, -0.1) is 0 Å². The van der Waals surface area contributed by atoms with E-state index in [1.54, 1.807) is 0 Å². The molecule has 96 valence electrons. The fourth-order valence-corrected chi connectivity index (χ4v) is 1.51. The van der Waals surface area contributed by atoms with Crippen molar-refractivity contribution >= 4 is 0 Å². The molecular weight excluding hydrogens is 239 g/mol. The maximum atomic E-state index is 13.2. The summed E-state index contributed by atoms with van der Waals surface area (Å²) in [5, 5.41) is 21.5. The number of halogens is 1. The van der Waals surface area contributed by atoms with E-state index in [-0.39, 0.29) is 12.4 Å². The highest BCUT2D eigenvalue weighted by Crippen LogP contribution is 2.22. The van der Waals surface area contributed by atoms with Gasteiger partial charge in [-0.2, -0.15) is 4.98 Å². The van der Waals surface area contributed by atoms with E-state index in [9.17, 15) is 4.39 Å². The third-order valence-corrected chi connectivity index (χ3v) is 2.47. The van der Waals surface area contributed by atoms with Gasteiger partial charge in [-0.1, -0.05) is 5.16 Å². The third kappa shape index (κ3) is 2.84. The summed E-state index contributed by atoms with van der Waals surface area (Å²) in [4.78, 5) is 4.12. The number of aromatic hydroxyl groups is 1. The van der Waals surface area contributed by atoms with Gasteiger partial charge in [0.1, 0.15) is 0 Å². The van der Waals surface area contributed by atoms with Gasteiger partial charge >= 0.3 is 0 Å². The lowest BCUT2D eigenvalue weighted by Crippen LogP contribution is -1.89. The molecule has 0 unspecified atom stereocenters. The van der Waals surface area contributed by atoms with Gasteiger partial charge in [0.05, 0.1) is 0 Å². The number of aliphatic hydroxyl groups is 1. The van der Waals surface area contributed by atoms with Crippen molar-refractivity contribution in [2.75, 3.05) is 6.61 Å². The molecule has 0 radical (unpaired) electrons. The second-order valence-electron chi connectivity index (χ2n) is 3.86. The number of hydrogen-bond acceptors (Lipinski definition) is 5. The molecule has 6 heteroatoms. The molecule has 0 aliphatic rings. The lowest BCUT2D eigenvalue weighted by molar-refractivity contribution is 0.281. The summed E-state index contributed by atoms with van der Waals surface area (Å²) in [5.74, 6) is -0.399. The van der Waals surface area contributed by atoms with E-state index in [4.69, 9.17) is 14.7 Å². The average Bonchev–Trinajstić information content (AvgIpc) is 2.82. The van der Waals surface area contributed by atoms with Gasteiger partial charge in [0, 0.05) is 18.6 Å². The quantitative estimate of drug-likeness (QED) is 0.794. The number of aliphatic hydroxyl groups excluding tert-OH is 1. The van der Waals surface area contributed by atoms with Crippen LogP contribution in [0.25, 0.3) is 11.4 Å². The van der Waals surface area contributed by atoms with Gasteiger partial charge in [-0.3, -0.25) is 0 Å². The molecule has 0 aliphatic heterocycles. The highest BCUT2D eigenvalue weighted by Gasteiger charge is 2.10. The van der Waals surface area contributed by atoms with Crippen LogP contribution in [-0.2, 0) is 6.42 Å². The van der Waals surface area contributed by atoms with Gasteiger partial charge in [0.2, 0.25) is 11.7 Å². The summed E-state index contributed by atoms with van der Waals surface area (Å²) in [6, 6.07) is 3.91. The van der Waals surface area contributed by atoms with Crippen molar-refractivity contribution in [1.29, 1.82) is 0 Å². The third-order valence-electron chi connectivity index (χ3n) is 2.47. The van der Waals surface area contributed by atoms with E-state index in [1.165, 1.54) is 12.1 Å². The summed E-state index contributed by atoms with van der Waals surface area (Å²) in [5.41, 5.74) is 0.447. The van der Waals surface area contributed by atoms with Gasteiger partial charge in [-0.05, 0) is 31.0 Å². The molecule has 0 bridgehead atoms. The van der Waals surface area contributed by atoms with Crippen LogP contribution in [0, 0.1) is 5.82 Å². The Balaban J connectivity index is 2.11. The van der Waals surface area contributed by atoms with Gasteiger partial charge < -0.3 is 14.7 Å². The SMILES string of the molecule is OCCCCc1nc(-c2ccc(O)c(F)c2)no1. The Morgan fingerprint density at radius 1 is 1.28 bits per heavy atom. The first-order valence-electron chi connectivity index (χ1n) is 5.63. The summed E-state index contributed by atoms with van der Waals surface area (Å²) in [6.45, 7) is 0.129. The van der Waals surface area contributed by atoms with E-state index in [1.807, 2.05) is 0 Å². The Morgan fingerprint density at radius 3 is 2.83 bits per heavy atom. The molecule has 2 aromatic rings. The zero-order chi connectivity index (χ0) is 13.0. The van der Waals surface area contributed by atoms with Gasteiger partial charge in [-0.25, -0.2) is 4.39 Å². The lowest BCUT2D eigenvalue weighted by atomic mass is 10.2. The number of aromatic nitrogens is 2. The van der Waals surface area contributed by atoms with E-state index >= 15 is 0 Å². The monoisotopic (exact) mass is 252 g/mol. The number of aryl methyl sites for hydroxylation is 1. The molecule has 0 spiro atoms. The first-order chi connectivity index (χ1) is 8.70. The summed E-state index contributed by atoms with van der Waals surface area (Å²) in [7, 11) is 0. The molecule has 0 aliphatic carbocycles. The molecule has 1 heterocycles. The maximum absolute atomic E-state index is 13.2. The first-order valence-corrected chi connectivity index (χ1v) is 5.63. The molecule has 1 aromatic carbocycles. The van der Waals surface area contributed by atoms with Crippen LogP contribution in [0.3, 0.4) is 0 Å². The van der Waals surface area contributed by atoms with E-state index < -0.39 is 11.6 Å². The Labute approximate surface area is 103 Å². The van der Waals surface area contributed by atoms with Gasteiger partial charge in [0.25, 0.3) is 0 Å². The first kappa shape index (κ1) is 12.5. The number of hydrogen-bond donors (Lipinski definition) is 2. The Kier molecular flexibility index (Phi) is 3.88. The second kappa shape index (κ2) is 5.59. The maximum Gasteiger partial charge on any atom is 0.226 e. The minimum atomic E-state index is -0.723. The largest absolute Gasteiger partial charge is 0.505 e. The molecular formula is C12H13FN2O3. The zero-order valence-corrected chi connectivity index (χ0v) is 9.64. The predicted octanol–water partition coefficient (Wildman–Crippen LogP) is 1.90. The number of phenolic OH excluding ortho intramolecular Hbond substituents is 1. The lowest BCUT2D eigenvalue weighted by Gasteiger charge is -1.96. The second-order valence-corrected chi connectivity index (χ2v) is 3.86. The van der Waals surface area contributed by atoms with Crippen LogP contribution in [0.2, 0.25) is 0 Å². The van der Waals surface area contributed by atoms with Crippen molar-refractivity contribution in [2.24, 2.45) is 0 Å². The van der Waals surface area contributed by atoms with Crippen LogP contribution in [0.5, 0.6) is 5.75 Å². The standard InChI is InChI=1S/C12H13FN2O3/c13-9-7-8(4-5-10(9)17)12-14-11(18-15-12)3-1-2-6-16/h4-5,7,16-17H,1-3,6H2. The molecule has 0 atom stereocenters. The minimum absolute atomic E-state index is 0.129. The average molecular weight is 252 g/mol. The van der Waals surface area contributed by atoms with Crippen molar-refractivity contribution in [1.82, 2.24) is 10.1 Å². The molecule has 0 saturated heterocycles. The number of unbranched alkanes of at least 4 members (excludes halogenated alkanes) is 1. The molecule has 0 amide bonds. The van der Waals surface area contributed by atoms with E-state index in [0.29, 0.717) is 24.3 Å². The van der Waals surface area contributed by atoms with E-state index in [0.717, 1.165) is 12.5 Å². The predicted molar refractivity (Wildman–Crippen MR) is 61.4 cm³/mol. The van der Waals surface area contributed by atoms with Crippen molar-refractivity contribution in [3.05, 3.63) is 29.9 Å². The van der Waals surface area contributed by atoms with Crippen LogP contribution in [0.15, 0.2) is 22.7 Å². The van der Waals surface area contributed by atoms with Crippen LogP contribution >= 0.6 is 0 Å². The molecule has 18 heavy (non-hydrogen) atoms. The Hall–Kier alpha value is -1.95. The highest BCUT2D eigenvalue weighted by molar-refractivity contribution is 5.55. The number of phenols is 1. The minimum Gasteiger partial charge on any atom is -0.505 e. The molecule has 1 aromatic heterocycles. The summed E-state index contributed by atoms with van der Waals surface area (Å²) < 4.78 is 18.2. The number of benzene rings is 1. The van der Waals surface area contributed by atoms with Crippen LogP contribution in [-0.4, -0.2) is 27.0 Å². The summed E-state index contributed by atoms with van der Waals surface area (Å²) >= 11 is 0.